The summed E-state index contributed by atoms with van der Waals surface area (Å²) in [5.74, 6) is -0.196. The fourth-order valence-corrected chi connectivity index (χ4v) is 5.18. The van der Waals surface area contributed by atoms with Gasteiger partial charge >= 0.3 is 0 Å². The molecule has 0 bridgehead atoms. The van der Waals surface area contributed by atoms with Crippen LogP contribution in [0.3, 0.4) is 0 Å². The van der Waals surface area contributed by atoms with E-state index in [-0.39, 0.29) is 18.0 Å². The Balaban J connectivity index is 1.43. The number of rotatable bonds is 7. The van der Waals surface area contributed by atoms with Crippen LogP contribution < -0.4 is 10.5 Å². The number of thiazole rings is 1. The third-order valence-corrected chi connectivity index (χ3v) is 7.00. The quantitative estimate of drug-likeness (QED) is 0.339. The number of nitrogens with zero attached hydrogens (tertiary/aromatic N) is 4. The fourth-order valence-electron chi connectivity index (χ4n) is 3.58. The van der Waals surface area contributed by atoms with E-state index < -0.39 is 0 Å². The van der Waals surface area contributed by atoms with Crippen LogP contribution in [0.1, 0.15) is 5.56 Å². The highest BCUT2D eigenvalue weighted by Crippen LogP contribution is 2.28. The highest BCUT2D eigenvalue weighted by molar-refractivity contribution is 7.16. The van der Waals surface area contributed by atoms with Crippen LogP contribution in [-0.2, 0) is 17.8 Å². The van der Waals surface area contributed by atoms with Crippen molar-refractivity contribution in [3.8, 4) is 11.3 Å². The number of thiophene rings is 1. The maximum atomic E-state index is 13.4. The summed E-state index contributed by atoms with van der Waals surface area (Å²) < 4.78 is 1.37. The van der Waals surface area contributed by atoms with Gasteiger partial charge in [0.2, 0.25) is 5.91 Å². The maximum Gasteiger partial charge on any atom is 0.262 e. The van der Waals surface area contributed by atoms with Crippen molar-refractivity contribution in [1.82, 2.24) is 14.5 Å². The Bertz CT molecular complexity index is 1440. The number of carbonyl (C=O) groups is 1. The van der Waals surface area contributed by atoms with Crippen molar-refractivity contribution >= 4 is 43.9 Å². The molecular formula is C25H20N4O2S2. The zero-order chi connectivity index (χ0) is 22.6. The molecule has 0 saturated carbocycles. The van der Waals surface area contributed by atoms with E-state index in [9.17, 15) is 9.59 Å². The topological polar surface area (TPSA) is 68.1 Å². The molecule has 5 aromatic rings. The molecule has 5 rings (SSSR count). The first-order valence-electron chi connectivity index (χ1n) is 10.5. The molecule has 0 atom stereocenters. The second kappa shape index (κ2) is 9.48. The molecule has 0 unspecified atom stereocenters. The summed E-state index contributed by atoms with van der Waals surface area (Å²) in [6.07, 6.45) is 2.13. The normalized spacial score (nSPS) is 11.0. The Kier molecular flexibility index (Phi) is 6.10. The number of benzene rings is 2. The lowest BCUT2D eigenvalue weighted by Crippen LogP contribution is -2.38. The van der Waals surface area contributed by atoms with Gasteiger partial charge in [0, 0.05) is 17.5 Å². The predicted molar refractivity (Wildman–Crippen MR) is 134 cm³/mol. The standard InChI is InChI=1S/C25H20N4O2S2/c30-22(15-28-17-26-23-20(24(28)31)12-14-32-23)29(13-11-18-7-3-1-4-8-18)25-27-21(16-33-25)19-9-5-2-6-10-19/h1-10,12,14,16-17H,11,13,15H2. The van der Waals surface area contributed by atoms with Crippen molar-refractivity contribution in [3.63, 3.8) is 0 Å². The third kappa shape index (κ3) is 4.62. The molecule has 0 saturated heterocycles. The maximum absolute atomic E-state index is 13.4. The number of aromatic nitrogens is 3. The van der Waals surface area contributed by atoms with Crippen LogP contribution in [0.2, 0.25) is 0 Å². The first-order valence-corrected chi connectivity index (χ1v) is 12.2. The van der Waals surface area contributed by atoms with E-state index in [0.717, 1.165) is 16.8 Å². The van der Waals surface area contributed by atoms with Crippen LogP contribution in [0.5, 0.6) is 0 Å². The van der Waals surface area contributed by atoms with Gasteiger partial charge in [-0.1, -0.05) is 60.7 Å². The number of hydrogen-bond acceptors (Lipinski definition) is 6. The molecule has 0 spiro atoms. The molecule has 33 heavy (non-hydrogen) atoms. The van der Waals surface area contributed by atoms with E-state index in [2.05, 4.69) is 4.98 Å². The summed E-state index contributed by atoms with van der Waals surface area (Å²) in [5, 5.41) is 4.94. The average Bonchev–Trinajstić information content (AvgIpc) is 3.53. The summed E-state index contributed by atoms with van der Waals surface area (Å²) in [6.45, 7) is 0.375. The van der Waals surface area contributed by atoms with E-state index in [1.165, 1.54) is 33.6 Å². The molecule has 0 aliphatic heterocycles. The summed E-state index contributed by atoms with van der Waals surface area (Å²) in [7, 11) is 0. The molecule has 3 aromatic heterocycles. The number of carbonyl (C=O) groups excluding carboxylic acids is 1. The minimum Gasteiger partial charge on any atom is -0.289 e. The largest absolute Gasteiger partial charge is 0.289 e. The van der Waals surface area contributed by atoms with Gasteiger partial charge in [0.05, 0.1) is 17.4 Å². The van der Waals surface area contributed by atoms with E-state index in [0.29, 0.717) is 28.3 Å². The fraction of sp³-hybridized carbons (Fsp3) is 0.120. The molecule has 0 N–H and O–H groups in total. The summed E-state index contributed by atoms with van der Waals surface area (Å²) >= 11 is 2.84. The summed E-state index contributed by atoms with van der Waals surface area (Å²) in [5.41, 5.74) is 2.75. The van der Waals surface area contributed by atoms with Crippen molar-refractivity contribution in [3.05, 3.63) is 99.7 Å². The number of hydrogen-bond donors (Lipinski definition) is 0. The van der Waals surface area contributed by atoms with Crippen LogP contribution in [0.4, 0.5) is 5.13 Å². The molecule has 2 aromatic carbocycles. The van der Waals surface area contributed by atoms with Gasteiger partial charge in [-0.25, -0.2) is 9.97 Å². The zero-order valence-electron chi connectivity index (χ0n) is 17.6. The smallest absolute Gasteiger partial charge is 0.262 e. The molecule has 6 nitrogen and oxygen atoms in total. The molecule has 0 aliphatic rings. The SMILES string of the molecule is O=C(Cn1cnc2sccc2c1=O)N(CCc1ccccc1)c1nc(-c2ccccc2)cs1. The molecular weight excluding hydrogens is 452 g/mol. The molecule has 0 radical (unpaired) electrons. The third-order valence-electron chi connectivity index (χ3n) is 5.32. The van der Waals surface area contributed by atoms with Gasteiger partial charge in [-0.15, -0.1) is 22.7 Å². The van der Waals surface area contributed by atoms with Crippen LogP contribution in [-0.4, -0.2) is 27.0 Å². The minimum absolute atomic E-state index is 0.0906. The van der Waals surface area contributed by atoms with Gasteiger partial charge in [-0.3, -0.25) is 19.1 Å². The van der Waals surface area contributed by atoms with Gasteiger partial charge in [0.25, 0.3) is 5.56 Å². The molecule has 8 heteroatoms. The van der Waals surface area contributed by atoms with Gasteiger partial charge in [-0.05, 0) is 23.4 Å². The van der Waals surface area contributed by atoms with Crippen molar-refractivity contribution in [2.45, 2.75) is 13.0 Å². The average molecular weight is 473 g/mol. The Hall–Kier alpha value is -3.62. The van der Waals surface area contributed by atoms with Gasteiger partial charge in [0.15, 0.2) is 5.13 Å². The van der Waals surface area contributed by atoms with Gasteiger partial charge < -0.3 is 0 Å². The predicted octanol–water partition coefficient (Wildman–Crippen LogP) is 4.86. The van der Waals surface area contributed by atoms with Crippen LogP contribution in [0, 0.1) is 0 Å². The first kappa shape index (κ1) is 21.2. The second-order valence-electron chi connectivity index (χ2n) is 7.48. The highest BCUT2D eigenvalue weighted by atomic mass is 32.1. The van der Waals surface area contributed by atoms with E-state index in [1.54, 1.807) is 11.0 Å². The lowest BCUT2D eigenvalue weighted by molar-refractivity contribution is -0.119. The Morgan fingerprint density at radius 1 is 0.970 bits per heavy atom. The molecule has 3 heterocycles. The lowest BCUT2D eigenvalue weighted by atomic mass is 10.1. The van der Waals surface area contributed by atoms with Crippen LogP contribution >= 0.6 is 22.7 Å². The monoisotopic (exact) mass is 472 g/mol. The molecule has 0 aliphatic carbocycles. The second-order valence-corrected chi connectivity index (χ2v) is 9.21. The van der Waals surface area contributed by atoms with Crippen molar-refractivity contribution in [2.75, 3.05) is 11.4 Å². The summed E-state index contributed by atoms with van der Waals surface area (Å²) in [4.78, 5) is 37.6. The number of amides is 1. The lowest BCUT2D eigenvalue weighted by Gasteiger charge is -2.20. The van der Waals surface area contributed by atoms with Crippen LogP contribution in [0.15, 0.2) is 88.6 Å². The van der Waals surface area contributed by atoms with Crippen LogP contribution in [0.25, 0.3) is 21.5 Å². The highest BCUT2D eigenvalue weighted by Gasteiger charge is 2.21. The Morgan fingerprint density at radius 3 is 2.52 bits per heavy atom. The molecule has 164 valence electrons. The van der Waals surface area contributed by atoms with E-state index in [4.69, 9.17) is 4.98 Å². The Labute approximate surface area is 198 Å². The summed E-state index contributed by atoms with van der Waals surface area (Å²) in [6, 6.07) is 21.7. The molecule has 1 amide bonds. The Morgan fingerprint density at radius 2 is 1.73 bits per heavy atom. The van der Waals surface area contributed by atoms with Crippen molar-refractivity contribution in [2.24, 2.45) is 0 Å². The minimum atomic E-state index is -0.207. The number of anilines is 1. The van der Waals surface area contributed by atoms with Gasteiger partial charge in [-0.2, -0.15) is 0 Å². The van der Waals surface area contributed by atoms with E-state index in [1.807, 2.05) is 71.4 Å². The zero-order valence-corrected chi connectivity index (χ0v) is 19.3. The van der Waals surface area contributed by atoms with E-state index >= 15 is 0 Å². The molecule has 0 fully saturated rings. The number of fused-ring (bicyclic) bond motifs is 1. The van der Waals surface area contributed by atoms with Crippen molar-refractivity contribution in [1.29, 1.82) is 0 Å². The van der Waals surface area contributed by atoms with Crippen molar-refractivity contribution < 1.29 is 4.79 Å². The first-order chi connectivity index (χ1) is 16.2. The van der Waals surface area contributed by atoms with Gasteiger partial charge in [0.1, 0.15) is 11.4 Å².